The van der Waals surface area contributed by atoms with E-state index in [0.717, 1.165) is 16.3 Å². The lowest BCUT2D eigenvalue weighted by atomic mass is 10.2. The second kappa shape index (κ2) is 7.66. The molecule has 5 nitrogen and oxygen atoms in total. The Kier molecular flexibility index (Phi) is 5.61. The second-order valence-electron chi connectivity index (χ2n) is 4.85. The molecule has 2 rings (SSSR count). The van der Waals surface area contributed by atoms with E-state index in [0.29, 0.717) is 24.3 Å². The van der Waals surface area contributed by atoms with Crippen molar-refractivity contribution in [1.29, 1.82) is 5.26 Å². The van der Waals surface area contributed by atoms with Crippen molar-refractivity contribution in [3.05, 3.63) is 47.3 Å². The van der Waals surface area contributed by atoms with E-state index >= 15 is 0 Å². The van der Waals surface area contributed by atoms with E-state index in [2.05, 4.69) is 11.2 Å². The number of nitrogens with zero attached hydrogens (tertiary/aromatic N) is 3. The van der Waals surface area contributed by atoms with Crippen LogP contribution in [0.15, 0.2) is 39.8 Å². The highest BCUT2D eigenvalue weighted by molar-refractivity contribution is 7.98. The van der Waals surface area contributed by atoms with Crippen LogP contribution in [0, 0.1) is 18.3 Å². The average molecular weight is 315 g/mol. The van der Waals surface area contributed by atoms with E-state index in [1.807, 2.05) is 31.2 Å². The van der Waals surface area contributed by atoms with Crippen molar-refractivity contribution in [2.24, 2.45) is 0 Å². The predicted molar refractivity (Wildman–Crippen MR) is 84.4 cm³/mol. The van der Waals surface area contributed by atoms with Crippen molar-refractivity contribution in [3.8, 4) is 6.07 Å². The van der Waals surface area contributed by atoms with Crippen LogP contribution in [-0.4, -0.2) is 29.6 Å². The molecule has 6 heteroatoms. The molecule has 0 radical (unpaired) electrons. The highest BCUT2D eigenvalue weighted by Gasteiger charge is 2.16. The van der Waals surface area contributed by atoms with Crippen LogP contribution in [0.25, 0.3) is 0 Å². The predicted octanol–water partition coefficient (Wildman–Crippen LogP) is 3.26. The molecule has 1 heterocycles. The highest BCUT2D eigenvalue weighted by atomic mass is 32.2. The van der Waals surface area contributed by atoms with E-state index in [1.165, 1.54) is 11.8 Å². The van der Waals surface area contributed by atoms with Crippen LogP contribution in [0.2, 0.25) is 0 Å². The van der Waals surface area contributed by atoms with E-state index in [-0.39, 0.29) is 5.91 Å². The Bertz CT molecular complexity index is 691. The second-order valence-corrected chi connectivity index (χ2v) is 5.87. The van der Waals surface area contributed by atoms with Crippen molar-refractivity contribution in [2.75, 3.05) is 13.6 Å². The van der Waals surface area contributed by atoms with Crippen molar-refractivity contribution in [2.45, 2.75) is 24.0 Å². The number of thioether (sulfide) groups is 1. The first-order valence-corrected chi connectivity index (χ1v) is 7.87. The average Bonchev–Trinajstić information content (AvgIpc) is 2.95. The van der Waals surface area contributed by atoms with Crippen LogP contribution in [0.1, 0.15) is 28.2 Å². The third-order valence-electron chi connectivity index (χ3n) is 3.07. The number of rotatable bonds is 6. The lowest BCUT2D eigenvalue weighted by molar-refractivity contribution is 0.0794. The normalized spacial score (nSPS) is 10.2. The van der Waals surface area contributed by atoms with Gasteiger partial charge in [-0.2, -0.15) is 5.26 Å². The van der Waals surface area contributed by atoms with Gasteiger partial charge in [0.2, 0.25) is 0 Å². The Morgan fingerprint density at radius 3 is 2.91 bits per heavy atom. The third-order valence-corrected chi connectivity index (χ3v) is 4.17. The zero-order valence-electron chi connectivity index (χ0n) is 12.6. The van der Waals surface area contributed by atoms with Gasteiger partial charge in [-0.25, -0.2) is 0 Å². The smallest absolute Gasteiger partial charge is 0.254 e. The minimum Gasteiger partial charge on any atom is -0.360 e. The molecule has 1 amide bonds. The molecular formula is C16H17N3O2S. The Morgan fingerprint density at radius 1 is 1.45 bits per heavy atom. The fraction of sp³-hybridized carbons (Fsp3) is 0.312. The lowest BCUT2D eigenvalue weighted by Gasteiger charge is -2.17. The van der Waals surface area contributed by atoms with Crippen LogP contribution in [0.4, 0.5) is 0 Å². The van der Waals surface area contributed by atoms with Crippen molar-refractivity contribution < 1.29 is 9.32 Å². The van der Waals surface area contributed by atoms with Crippen molar-refractivity contribution >= 4 is 17.7 Å². The summed E-state index contributed by atoms with van der Waals surface area (Å²) in [4.78, 5) is 14.9. The molecule has 0 spiro atoms. The maximum Gasteiger partial charge on any atom is 0.254 e. The number of hydrogen-bond donors (Lipinski definition) is 0. The molecule has 114 valence electrons. The molecule has 22 heavy (non-hydrogen) atoms. The number of hydrogen-bond acceptors (Lipinski definition) is 5. The van der Waals surface area contributed by atoms with Gasteiger partial charge in [-0.3, -0.25) is 4.79 Å². The summed E-state index contributed by atoms with van der Waals surface area (Å²) in [7, 11) is 1.71. The number of nitriles is 1. The van der Waals surface area contributed by atoms with Gasteiger partial charge < -0.3 is 9.42 Å². The molecule has 0 bridgehead atoms. The first-order chi connectivity index (χ1) is 10.6. The molecule has 0 unspecified atom stereocenters. The molecule has 0 N–H and O–H groups in total. The zero-order valence-corrected chi connectivity index (χ0v) is 13.4. The molecule has 2 aromatic rings. The number of carbonyl (C=O) groups is 1. The molecule has 0 fully saturated rings. The molecule has 0 aliphatic rings. The molecule has 0 aliphatic heterocycles. The summed E-state index contributed by atoms with van der Waals surface area (Å²) < 4.78 is 5.18. The summed E-state index contributed by atoms with van der Waals surface area (Å²) in [6.07, 6.45) is 0.328. The van der Waals surface area contributed by atoms with Gasteiger partial charge in [0.15, 0.2) is 0 Å². The monoisotopic (exact) mass is 315 g/mol. The quantitative estimate of drug-likeness (QED) is 0.765. The van der Waals surface area contributed by atoms with Gasteiger partial charge in [0.05, 0.1) is 29.5 Å². The molecule has 0 aliphatic carbocycles. The van der Waals surface area contributed by atoms with Crippen LogP contribution >= 0.6 is 11.8 Å². The third kappa shape index (κ3) is 4.12. The number of carbonyl (C=O) groups excluding carboxylic acids is 1. The number of amides is 1. The Labute approximate surface area is 133 Å². The summed E-state index contributed by atoms with van der Waals surface area (Å²) in [5.41, 5.74) is 1.49. The minimum absolute atomic E-state index is 0.0768. The van der Waals surface area contributed by atoms with Crippen LogP contribution in [0.3, 0.4) is 0 Å². The van der Waals surface area contributed by atoms with Gasteiger partial charge in [-0.1, -0.05) is 17.3 Å². The van der Waals surface area contributed by atoms with Gasteiger partial charge in [-0.15, -0.1) is 11.8 Å². The largest absolute Gasteiger partial charge is 0.360 e. The first-order valence-electron chi connectivity index (χ1n) is 6.88. The Morgan fingerprint density at radius 2 is 2.23 bits per heavy atom. The van der Waals surface area contributed by atoms with Crippen molar-refractivity contribution in [1.82, 2.24) is 10.1 Å². The summed E-state index contributed by atoms with van der Waals surface area (Å²) in [5.74, 6) is 1.32. The number of aromatic nitrogens is 1. The topological polar surface area (TPSA) is 70.1 Å². The summed E-state index contributed by atoms with van der Waals surface area (Å²) >= 11 is 1.54. The van der Waals surface area contributed by atoms with Gasteiger partial charge in [0, 0.05) is 24.6 Å². The molecule has 0 atom stereocenters. The first kappa shape index (κ1) is 16.1. The minimum atomic E-state index is -0.0768. The van der Waals surface area contributed by atoms with Gasteiger partial charge in [0.1, 0.15) is 5.76 Å². The maximum absolute atomic E-state index is 12.5. The Hall–Kier alpha value is -2.26. The van der Waals surface area contributed by atoms with Gasteiger partial charge in [-0.05, 0) is 19.1 Å². The fourth-order valence-corrected chi connectivity index (χ4v) is 2.85. The summed E-state index contributed by atoms with van der Waals surface area (Å²) in [5, 5.41) is 12.5. The van der Waals surface area contributed by atoms with Gasteiger partial charge >= 0.3 is 0 Å². The summed E-state index contributed by atoms with van der Waals surface area (Å²) in [6, 6.07) is 11.4. The van der Waals surface area contributed by atoms with Gasteiger partial charge in [0.25, 0.3) is 5.91 Å². The number of benzene rings is 1. The molecule has 0 saturated heterocycles. The maximum atomic E-state index is 12.5. The molecular weight excluding hydrogens is 298 g/mol. The van der Waals surface area contributed by atoms with E-state index < -0.39 is 0 Å². The highest BCUT2D eigenvalue weighted by Crippen LogP contribution is 2.27. The standard InChI is InChI=1S/C16H17N3O2S/c1-12-10-13(21-18-12)11-22-15-7-4-3-6-14(15)16(20)19(2)9-5-8-17/h3-4,6-7,10H,5,9,11H2,1-2H3. The van der Waals surface area contributed by atoms with Crippen LogP contribution in [-0.2, 0) is 5.75 Å². The van der Waals surface area contributed by atoms with E-state index in [1.54, 1.807) is 18.0 Å². The lowest BCUT2D eigenvalue weighted by Crippen LogP contribution is -2.28. The molecule has 1 aromatic carbocycles. The Balaban J connectivity index is 2.09. The summed E-state index contributed by atoms with van der Waals surface area (Å²) in [6.45, 7) is 2.30. The SMILES string of the molecule is Cc1cc(CSc2ccccc2C(=O)N(C)CCC#N)on1. The fourth-order valence-electron chi connectivity index (χ4n) is 1.93. The molecule has 1 aromatic heterocycles. The number of aryl methyl sites for hydroxylation is 1. The van der Waals surface area contributed by atoms with Crippen LogP contribution in [0.5, 0.6) is 0 Å². The van der Waals surface area contributed by atoms with Crippen molar-refractivity contribution in [3.63, 3.8) is 0 Å². The zero-order chi connectivity index (χ0) is 15.9. The van der Waals surface area contributed by atoms with Crippen LogP contribution < -0.4 is 0 Å². The molecule has 0 saturated carbocycles. The van der Waals surface area contributed by atoms with E-state index in [9.17, 15) is 4.79 Å². The van der Waals surface area contributed by atoms with E-state index in [4.69, 9.17) is 9.78 Å².